The second-order valence-corrected chi connectivity index (χ2v) is 9.07. The summed E-state index contributed by atoms with van der Waals surface area (Å²) in [4.78, 5) is 28.8. The molecule has 14 heteroatoms. The lowest BCUT2D eigenvalue weighted by Crippen LogP contribution is -2.39. The van der Waals surface area contributed by atoms with E-state index in [9.17, 15) is 19.7 Å². The van der Waals surface area contributed by atoms with E-state index in [1.54, 1.807) is 27.7 Å². The molecule has 13 nitrogen and oxygen atoms in total. The van der Waals surface area contributed by atoms with Crippen molar-refractivity contribution in [1.82, 2.24) is 9.55 Å². The predicted octanol–water partition coefficient (Wildman–Crippen LogP) is 2.37. The Balaban J connectivity index is 2.10. The van der Waals surface area contributed by atoms with Crippen molar-refractivity contribution in [3.63, 3.8) is 0 Å². The van der Waals surface area contributed by atoms with Gasteiger partial charge < -0.3 is 23.3 Å². The van der Waals surface area contributed by atoms with Crippen LogP contribution in [0.2, 0.25) is 0 Å². The van der Waals surface area contributed by atoms with Crippen molar-refractivity contribution in [2.75, 3.05) is 13.2 Å². The molecule has 3 rings (SSSR count). The average Bonchev–Trinajstić information content (AvgIpc) is 3.14. The van der Waals surface area contributed by atoms with Crippen LogP contribution in [0.25, 0.3) is 10.4 Å². The number of aromatic amines is 1. The van der Waals surface area contributed by atoms with E-state index in [-0.39, 0.29) is 13.2 Å². The molecule has 0 spiro atoms. The standard InChI is InChI=1S/C17H24N5O8P/c1-5-26-31(25,27-6-2)10-8-17(20-21-18)13-12(28-16(3,4)29-13)14(30-17)22-9-7-11(23)19-15(22)24/h7-10,12-14H,5-6H2,1-4H3,(H,19,23,24). The van der Waals surface area contributed by atoms with E-state index in [1.807, 2.05) is 0 Å². The minimum Gasteiger partial charge on any atom is -0.341 e. The molecule has 4 atom stereocenters. The maximum atomic E-state index is 12.9. The summed E-state index contributed by atoms with van der Waals surface area (Å²) in [5.74, 6) is 0.0369. The highest BCUT2D eigenvalue weighted by atomic mass is 31.2. The number of nitrogens with one attached hydrogen (secondary N) is 1. The van der Waals surface area contributed by atoms with E-state index in [2.05, 4.69) is 15.0 Å². The molecule has 2 fully saturated rings. The molecule has 0 saturated carbocycles. The van der Waals surface area contributed by atoms with E-state index >= 15 is 0 Å². The maximum absolute atomic E-state index is 12.9. The smallest absolute Gasteiger partial charge is 0.341 e. The van der Waals surface area contributed by atoms with Gasteiger partial charge in [-0.25, -0.2) is 4.79 Å². The van der Waals surface area contributed by atoms with Crippen LogP contribution in [0.4, 0.5) is 0 Å². The first kappa shape index (κ1) is 23.4. The van der Waals surface area contributed by atoms with Gasteiger partial charge in [-0.05, 0) is 39.3 Å². The highest BCUT2D eigenvalue weighted by molar-refractivity contribution is 7.57. The molecule has 0 amide bonds. The highest BCUT2D eigenvalue weighted by Gasteiger charge is 2.63. The molecular formula is C17H24N5O8P. The molecule has 2 aliphatic rings. The van der Waals surface area contributed by atoms with Crippen LogP contribution in [0.3, 0.4) is 0 Å². The SMILES string of the molecule is CCOP(=O)(C=CC1(N=[N+]=[N-])OC(n2ccc(=O)[nH]c2=O)C2OC(C)(C)OC21)OCC. The second-order valence-electron chi connectivity index (χ2n) is 7.18. The molecule has 3 heterocycles. The molecule has 31 heavy (non-hydrogen) atoms. The van der Waals surface area contributed by atoms with Gasteiger partial charge in [0.05, 0.1) is 13.2 Å². The molecular weight excluding hydrogens is 433 g/mol. The van der Waals surface area contributed by atoms with Gasteiger partial charge in [-0.2, -0.15) is 0 Å². The van der Waals surface area contributed by atoms with Crippen LogP contribution >= 0.6 is 7.60 Å². The van der Waals surface area contributed by atoms with E-state index in [4.69, 9.17) is 23.3 Å². The van der Waals surface area contributed by atoms with Crippen molar-refractivity contribution in [1.29, 1.82) is 0 Å². The van der Waals surface area contributed by atoms with Crippen LogP contribution in [0, 0.1) is 0 Å². The summed E-state index contributed by atoms with van der Waals surface area (Å²) in [5.41, 5.74) is 6.05. The number of aromatic nitrogens is 2. The van der Waals surface area contributed by atoms with Crippen LogP contribution in [-0.4, -0.2) is 46.5 Å². The number of H-pyrrole nitrogens is 1. The van der Waals surface area contributed by atoms with Crippen molar-refractivity contribution in [3.8, 4) is 0 Å². The monoisotopic (exact) mass is 457 g/mol. The Morgan fingerprint density at radius 3 is 2.55 bits per heavy atom. The Kier molecular flexibility index (Phi) is 6.59. The summed E-state index contributed by atoms with van der Waals surface area (Å²) in [6.45, 7) is 6.83. The summed E-state index contributed by atoms with van der Waals surface area (Å²) in [7, 11) is -3.67. The molecule has 2 saturated heterocycles. The molecule has 2 aliphatic heterocycles. The Hall–Kier alpha value is -2.24. The minimum absolute atomic E-state index is 0.116. The van der Waals surface area contributed by atoms with Crippen molar-refractivity contribution in [2.24, 2.45) is 5.11 Å². The van der Waals surface area contributed by atoms with Crippen LogP contribution < -0.4 is 11.2 Å². The first-order chi connectivity index (χ1) is 14.6. The number of rotatable bonds is 8. The van der Waals surface area contributed by atoms with E-state index in [0.717, 1.165) is 16.5 Å². The first-order valence-electron chi connectivity index (χ1n) is 9.59. The number of fused-ring (bicyclic) bond motifs is 1. The van der Waals surface area contributed by atoms with E-state index in [0.29, 0.717) is 0 Å². The van der Waals surface area contributed by atoms with E-state index < -0.39 is 48.8 Å². The number of hydrogen-bond donors (Lipinski definition) is 1. The van der Waals surface area contributed by atoms with Crippen LogP contribution in [0.5, 0.6) is 0 Å². The fourth-order valence-electron chi connectivity index (χ4n) is 3.49. The first-order valence-corrected chi connectivity index (χ1v) is 11.2. The third-order valence-electron chi connectivity index (χ3n) is 4.57. The topological polar surface area (TPSA) is 167 Å². The summed E-state index contributed by atoms with van der Waals surface area (Å²) in [5, 5.41) is 3.76. The van der Waals surface area contributed by atoms with Crippen molar-refractivity contribution >= 4 is 7.60 Å². The molecule has 1 N–H and O–H groups in total. The quantitative estimate of drug-likeness (QED) is 0.269. The number of ether oxygens (including phenoxy) is 3. The van der Waals surface area contributed by atoms with Gasteiger partial charge in [-0.15, -0.1) is 0 Å². The molecule has 0 radical (unpaired) electrons. The Morgan fingerprint density at radius 1 is 1.29 bits per heavy atom. The fourth-order valence-corrected chi connectivity index (χ4v) is 4.85. The molecule has 0 bridgehead atoms. The van der Waals surface area contributed by atoms with Gasteiger partial charge >= 0.3 is 13.3 Å². The lowest BCUT2D eigenvalue weighted by molar-refractivity contribution is -0.210. The van der Waals surface area contributed by atoms with Gasteiger partial charge in [-0.3, -0.25) is 18.9 Å². The third-order valence-corrected chi connectivity index (χ3v) is 6.32. The molecule has 0 aliphatic carbocycles. The third kappa shape index (κ3) is 4.68. The Morgan fingerprint density at radius 2 is 1.97 bits per heavy atom. The summed E-state index contributed by atoms with van der Waals surface area (Å²) < 4.78 is 42.2. The molecule has 4 unspecified atom stereocenters. The molecule has 1 aromatic rings. The lowest BCUT2D eigenvalue weighted by Gasteiger charge is -2.29. The van der Waals surface area contributed by atoms with Crippen molar-refractivity contribution < 1.29 is 27.8 Å². The lowest BCUT2D eigenvalue weighted by atomic mass is 10.1. The zero-order valence-electron chi connectivity index (χ0n) is 17.5. The number of azide groups is 1. The van der Waals surface area contributed by atoms with Gasteiger partial charge in [0.15, 0.2) is 17.7 Å². The van der Waals surface area contributed by atoms with Crippen molar-refractivity contribution in [3.05, 3.63) is 55.4 Å². The zero-order valence-corrected chi connectivity index (χ0v) is 18.4. The van der Waals surface area contributed by atoms with Gasteiger partial charge in [0, 0.05) is 23.0 Å². The Bertz CT molecular complexity index is 1050. The second kappa shape index (κ2) is 8.71. The maximum Gasteiger partial charge on any atom is 0.353 e. The molecule has 1 aromatic heterocycles. The summed E-state index contributed by atoms with van der Waals surface area (Å²) >= 11 is 0. The molecule has 170 valence electrons. The normalized spacial score (nSPS) is 29.7. The van der Waals surface area contributed by atoms with Crippen LogP contribution in [0.1, 0.15) is 33.9 Å². The Labute approximate surface area is 177 Å². The number of nitrogens with zero attached hydrogens (tertiary/aromatic N) is 4. The van der Waals surface area contributed by atoms with Crippen LogP contribution in [0.15, 0.2) is 38.9 Å². The minimum atomic E-state index is -3.67. The summed E-state index contributed by atoms with van der Waals surface area (Å²) in [6, 6.07) is 1.14. The van der Waals surface area contributed by atoms with Gasteiger partial charge in [0.25, 0.3) is 5.56 Å². The van der Waals surface area contributed by atoms with E-state index in [1.165, 1.54) is 12.3 Å². The fraction of sp³-hybridized carbons (Fsp3) is 0.647. The van der Waals surface area contributed by atoms with Gasteiger partial charge in [0.1, 0.15) is 12.2 Å². The van der Waals surface area contributed by atoms with Crippen molar-refractivity contribution in [2.45, 2.75) is 57.6 Å². The highest BCUT2D eigenvalue weighted by Crippen LogP contribution is 2.53. The predicted molar refractivity (Wildman–Crippen MR) is 107 cm³/mol. The van der Waals surface area contributed by atoms with Gasteiger partial charge in [0.2, 0.25) is 0 Å². The zero-order chi connectivity index (χ0) is 22.9. The largest absolute Gasteiger partial charge is 0.353 e. The van der Waals surface area contributed by atoms with Crippen LogP contribution in [-0.2, 0) is 27.8 Å². The average molecular weight is 457 g/mol. The molecule has 0 aromatic carbocycles. The summed E-state index contributed by atoms with van der Waals surface area (Å²) in [6.07, 6.45) is -0.552. The van der Waals surface area contributed by atoms with Gasteiger partial charge in [-0.1, -0.05) is 5.11 Å². The number of hydrogen-bond acceptors (Lipinski definition) is 9.